The van der Waals surface area contributed by atoms with Crippen LogP contribution in [0, 0.1) is 10.8 Å². The number of primary amides is 1. The molecule has 2 aliphatic rings. The number of carbonyl (C=O) groups is 2. The average Bonchev–Trinajstić information content (AvgIpc) is 3.26. The molecular formula is C13H17F6N3O2. The number of amides is 2. The van der Waals surface area contributed by atoms with Gasteiger partial charge >= 0.3 is 12.4 Å². The van der Waals surface area contributed by atoms with Gasteiger partial charge in [-0.1, -0.05) is 0 Å². The molecule has 0 aromatic heterocycles. The van der Waals surface area contributed by atoms with Crippen LogP contribution < -0.4 is 5.73 Å². The number of hydrogen-bond donors (Lipinski definition) is 1. The van der Waals surface area contributed by atoms with E-state index in [4.69, 9.17) is 0 Å². The molecule has 0 aliphatic heterocycles. The van der Waals surface area contributed by atoms with Crippen LogP contribution in [0.2, 0.25) is 0 Å². The summed E-state index contributed by atoms with van der Waals surface area (Å²) < 4.78 is 72.6. The van der Waals surface area contributed by atoms with E-state index in [9.17, 15) is 35.9 Å². The highest BCUT2D eigenvalue weighted by Crippen LogP contribution is 2.58. The molecule has 0 saturated heterocycles. The Morgan fingerprint density at radius 3 is 1.50 bits per heavy atom. The van der Waals surface area contributed by atoms with E-state index in [-0.39, 0.29) is 25.7 Å². The monoisotopic (exact) mass is 361 g/mol. The van der Waals surface area contributed by atoms with E-state index in [0.717, 1.165) is 6.34 Å². The molecule has 0 radical (unpaired) electrons. The molecule has 2 aliphatic carbocycles. The van der Waals surface area contributed by atoms with Crippen molar-refractivity contribution in [1.29, 1.82) is 0 Å². The Hall–Kier alpha value is -1.81. The lowest BCUT2D eigenvalue weighted by Crippen LogP contribution is -2.37. The lowest BCUT2D eigenvalue weighted by atomic mass is 10.1. The van der Waals surface area contributed by atoms with Gasteiger partial charge in [-0.2, -0.15) is 26.3 Å². The minimum Gasteiger partial charge on any atom is -0.369 e. The number of halogens is 6. The number of aliphatic imine (C=N–C) groups is 1. The maximum Gasteiger partial charge on any atom is 0.403 e. The van der Waals surface area contributed by atoms with Crippen LogP contribution in [0.5, 0.6) is 0 Å². The van der Waals surface area contributed by atoms with Crippen molar-refractivity contribution < 1.29 is 35.9 Å². The molecule has 0 unspecified atom stereocenters. The molecule has 2 saturated carbocycles. The SMILES string of the molecule is CN(C)C=NC(=O)C1(C(F)(F)F)CC1.NC(=O)C1(C(F)(F)F)CC1. The van der Waals surface area contributed by atoms with E-state index in [1.54, 1.807) is 14.1 Å². The Kier molecular flexibility index (Phi) is 5.27. The number of carbonyl (C=O) groups excluding carboxylic acids is 2. The van der Waals surface area contributed by atoms with Gasteiger partial charge in [0.05, 0.1) is 6.34 Å². The largest absolute Gasteiger partial charge is 0.403 e. The van der Waals surface area contributed by atoms with Gasteiger partial charge in [-0.3, -0.25) is 9.59 Å². The molecular weight excluding hydrogens is 344 g/mol. The zero-order valence-electron chi connectivity index (χ0n) is 13.0. The minimum atomic E-state index is -4.46. The number of hydrogen-bond acceptors (Lipinski definition) is 2. The second-order valence-electron chi connectivity index (χ2n) is 6.04. The maximum absolute atomic E-state index is 12.4. The van der Waals surface area contributed by atoms with Gasteiger partial charge in [0.1, 0.15) is 10.8 Å². The molecule has 0 aromatic rings. The molecule has 0 spiro atoms. The normalized spacial score (nSPS) is 20.8. The fraction of sp³-hybridized carbons (Fsp3) is 0.769. The Morgan fingerprint density at radius 1 is 0.958 bits per heavy atom. The smallest absolute Gasteiger partial charge is 0.369 e. The van der Waals surface area contributed by atoms with Crippen LogP contribution in [0.4, 0.5) is 26.3 Å². The topological polar surface area (TPSA) is 75.8 Å². The van der Waals surface area contributed by atoms with Crippen LogP contribution >= 0.6 is 0 Å². The van der Waals surface area contributed by atoms with Crippen LogP contribution in [-0.2, 0) is 9.59 Å². The molecule has 138 valence electrons. The molecule has 24 heavy (non-hydrogen) atoms. The number of rotatable bonds is 3. The molecule has 11 heteroatoms. The lowest BCUT2D eigenvalue weighted by molar-refractivity contribution is -0.191. The van der Waals surface area contributed by atoms with E-state index in [2.05, 4.69) is 10.7 Å². The van der Waals surface area contributed by atoms with E-state index in [1.165, 1.54) is 4.90 Å². The number of nitrogens with two attached hydrogens (primary N) is 1. The van der Waals surface area contributed by atoms with Gasteiger partial charge < -0.3 is 10.6 Å². The second-order valence-corrected chi connectivity index (χ2v) is 6.04. The minimum absolute atomic E-state index is 0.139. The highest BCUT2D eigenvalue weighted by Gasteiger charge is 2.68. The van der Waals surface area contributed by atoms with Gasteiger partial charge in [-0.15, -0.1) is 0 Å². The quantitative estimate of drug-likeness (QED) is 0.476. The predicted molar refractivity (Wildman–Crippen MR) is 71.8 cm³/mol. The zero-order valence-corrected chi connectivity index (χ0v) is 13.0. The third-order valence-electron chi connectivity index (χ3n) is 3.87. The Morgan fingerprint density at radius 2 is 1.33 bits per heavy atom. The van der Waals surface area contributed by atoms with Crippen LogP contribution in [0.15, 0.2) is 4.99 Å². The highest BCUT2D eigenvalue weighted by atomic mass is 19.4. The predicted octanol–water partition coefficient (Wildman–Crippen LogP) is 2.26. The van der Waals surface area contributed by atoms with Crippen LogP contribution in [0.25, 0.3) is 0 Å². The van der Waals surface area contributed by atoms with Gasteiger partial charge in [0.15, 0.2) is 0 Å². The molecule has 5 nitrogen and oxygen atoms in total. The first-order valence-corrected chi connectivity index (χ1v) is 6.88. The van der Waals surface area contributed by atoms with Crippen molar-refractivity contribution in [1.82, 2.24) is 4.90 Å². The third kappa shape index (κ3) is 3.99. The molecule has 2 N–H and O–H groups in total. The highest BCUT2D eigenvalue weighted by molar-refractivity contribution is 5.91. The Labute approximate surface area is 133 Å². The van der Waals surface area contributed by atoms with Crippen LogP contribution in [0.1, 0.15) is 25.7 Å². The van der Waals surface area contributed by atoms with Crippen molar-refractivity contribution in [3.8, 4) is 0 Å². The summed E-state index contributed by atoms with van der Waals surface area (Å²) >= 11 is 0. The maximum atomic E-state index is 12.4. The van der Waals surface area contributed by atoms with E-state index >= 15 is 0 Å². The summed E-state index contributed by atoms with van der Waals surface area (Å²) in [6.45, 7) is 0. The van der Waals surface area contributed by atoms with Crippen LogP contribution in [0.3, 0.4) is 0 Å². The van der Waals surface area contributed by atoms with E-state index in [1.807, 2.05) is 0 Å². The van der Waals surface area contributed by atoms with E-state index < -0.39 is 35.0 Å². The summed E-state index contributed by atoms with van der Waals surface area (Å²) in [4.78, 5) is 26.1. The standard InChI is InChI=1S/C8H11F3N2O.C5H6F3NO/c1-13(2)5-12-6(14)7(3-4-7)8(9,10)11;6-5(7,8)4(1-2-4)3(9)10/h5H,3-4H2,1-2H3;1-2H2,(H2,9,10). The van der Waals surface area contributed by atoms with Crippen molar-refractivity contribution in [2.24, 2.45) is 21.6 Å². The lowest BCUT2D eigenvalue weighted by Gasteiger charge is -2.15. The Bertz CT molecular complexity index is 531. The fourth-order valence-corrected chi connectivity index (χ4v) is 1.83. The molecule has 2 fully saturated rings. The van der Waals surface area contributed by atoms with Crippen molar-refractivity contribution in [2.45, 2.75) is 38.0 Å². The molecule has 2 amide bonds. The summed E-state index contributed by atoms with van der Waals surface area (Å²) in [5.41, 5.74) is 0.205. The van der Waals surface area contributed by atoms with Crippen molar-refractivity contribution in [3.05, 3.63) is 0 Å². The summed E-state index contributed by atoms with van der Waals surface area (Å²) in [7, 11) is 3.17. The first-order valence-electron chi connectivity index (χ1n) is 6.88. The zero-order chi connectivity index (χ0) is 19.0. The van der Waals surface area contributed by atoms with Crippen LogP contribution in [-0.4, -0.2) is 49.5 Å². The van der Waals surface area contributed by atoms with Gasteiger partial charge in [-0.05, 0) is 25.7 Å². The first-order chi connectivity index (χ1) is 10.7. The molecule has 0 bridgehead atoms. The van der Waals surface area contributed by atoms with Crippen molar-refractivity contribution in [2.75, 3.05) is 14.1 Å². The Balaban J connectivity index is 0.000000254. The number of nitrogens with zero attached hydrogens (tertiary/aromatic N) is 2. The average molecular weight is 361 g/mol. The van der Waals surface area contributed by atoms with Gasteiger partial charge in [0, 0.05) is 14.1 Å². The third-order valence-corrected chi connectivity index (χ3v) is 3.87. The fourth-order valence-electron chi connectivity index (χ4n) is 1.83. The molecule has 2 rings (SSSR count). The van der Waals surface area contributed by atoms with Crippen molar-refractivity contribution >= 4 is 18.2 Å². The van der Waals surface area contributed by atoms with Gasteiger partial charge in [0.2, 0.25) is 5.91 Å². The summed E-state index contributed by atoms with van der Waals surface area (Å²) in [6.07, 6.45) is -8.39. The second kappa shape index (κ2) is 6.25. The summed E-state index contributed by atoms with van der Waals surface area (Å²) in [5.74, 6) is -2.33. The van der Waals surface area contributed by atoms with Crippen molar-refractivity contribution in [3.63, 3.8) is 0 Å². The number of alkyl halides is 6. The van der Waals surface area contributed by atoms with E-state index in [0.29, 0.717) is 0 Å². The van der Waals surface area contributed by atoms with Gasteiger partial charge in [-0.25, -0.2) is 4.99 Å². The van der Waals surface area contributed by atoms with Gasteiger partial charge in [0.25, 0.3) is 5.91 Å². The first kappa shape index (κ1) is 20.2. The molecule has 0 atom stereocenters. The summed E-state index contributed by atoms with van der Waals surface area (Å²) in [6, 6.07) is 0. The molecule has 0 heterocycles. The molecule has 0 aromatic carbocycles. The summed E-state index contributed by atoms with van der Waals surface area (Å²) in [5, 5.41) is 0.